The summed E-state index contributed by atoms with van der Waals surface area (Å²) in [6.07, 6.45) is 2.59. The lowest BCUT2D eigenvalue weighted by molar-refractivity contribution is -0.0675. The lowest BCUT2D eigenvalue weighted by Crippen LogP contribution is -2.36. The van der Waals surface area contributed by atoms with E-state index in [2.05, 4.69) is 37.1 Å². The fourth-order valence-corrected chi connectivity index (χ4v) is 5.33. The van der Waals surface area contributed by atoms with Gasteiger partial charge in [-0.2, -0.15) is 0 Å². The third-order valence-electron chi connectivity index (χ3n) is 7.50. The van der Waals surface area contributed by atoms with E-state index in [0.29, 0.717) is 25.4 Å². The highest BCUT2D eigenvalue weighted by atomic mass is 16.6. The van der Waals surface area contributed by atoms with Gasteiger partial charge >= 0.3 is 6.09 Å². The topological polar surface area (TPSA) is 71.1 Å². The molecule has 0 radical (unpaired) electrons. The minimum atomic E-state index is -0.324. The van der Waals surface area contributed by atoms with Crippen molar-refractivity contribution in [3.63, 3.8) is 0 Å². The van der Waals surface area contributed by atoms with E-state index in [1.807, 2.05) is 66.7 Å². The first-order valence-corrected chi connectivity index (χ1v) is 14.1. The fourth-order valence-electron chi connectivity index (χ4n) is 5.33. The van der Waals surface area contributed by atoms with Crippen LogP contribution in [0.5, 0.6) is 0 Å². The number of carbonyl (C=O) groups excluding carboxylic acids is 2. The quantitative estimate of drug-likeness (QED) is 0.368. The van der Waals surface area contributed by atoms with Gasteiger partial charge in [-0.1, -0.05) is 48.5 Å². The number of fused-ring (bicyclic) bond motifs is 1. The summed E-state index contributed by atoms with van der Waals surface area (Å²) < 4.78 is 11.6. The lowest BCUT2D eigenvalue weighted by atomic mass is 9.99. The number of hydrogen-bond donors (Lipinski definition) is 1. The second kappa shape index (κ2) is 12.2. The molecule has 0 spiro atoms. The Bertz CT molecular complexity index is 1340. The van der Waals surface area contributed by atoms with Gasteiger partial charge in [-0.15, -0.1) is 0 Å². The second-order valence-corrected chi connectivity index (χ2v) is 11.6. The zero-order valence-electron chi connectivity index (χ0n) is 23.7. The van der Waals surface area contributed by atoms with E-state index in [9.17, 15) is 9.59 Å². The number of likely N-dealkylation sites (tertiary alicyclic amines) is 1. The van der Waals surface area contributed by atoms with Crippen LogP contribution in [0.1, 0.15) is 72.3 Å². The van der Waals surface area contributed by atoms with Crippen molar-refractivity contribution < 1.29 is 19.1 Å². The Morgan fingerprint density at radius 2 is 1.77 bits per heavy atom. The maximum Gasteiger partial charge on any atom is 0.410 e. The molecule has 2 aliphatic rings. The van der Waals surface area contributed by atoms with Crippen molar-refractivity contribution in [3.05, 3.63) is 101 Å². The minimum Gasteiger partial charge on any atom is -0.445 e. The van der Waals surface area contributed by atoms with Gasteiger partial charge in [-0.3, -0.25) is 9.69 Å². The summed E-state index contributed by atoms with van der Waals surface area (Å²) in [5.74, 6) is -0.146. The molecule has 0 saturated carbocycles. The van der Waals surface area contributed by atoms with E-state index in [1.54, 1.807) is 4.90 Å². The van der Waals surface area contributed by atoms with E-state index in [4.69, 9.17) is 9.47 Å². The minimum absolute atomic E-state index is 0.146. The van der Waals surface area contributed by atoms with Gasteiger partial charge in [0, 0.05) is 36.9 Å². The summed E-state index contributed by atoms with van der Waals surface area (Å²) >= 11 is 0. The van der Waals surface area contributed by atoms with Crippen molar-refractivity contribution in [1.82, 2.24) is 9.80 Å². The number of carbonyl (C=O) groups is 2. The van der Waals surface area contributed by atoms with Crippen molar-refractivity contribution in [2.75, 3.05) is 25.1 Å². The molecule has 7 nitrogen and oxygen atoms in total. The monoisotopic (exact) mass is 541 g/mol. The molecular formula is C33H39N3O4. The largest absolute Gasteiger partial charge is 0.445 e. The zero-order chi connectivity index (χ0) is 28.1. The average molecular weight is 542 g/mol. The Kier molecular flexibility index (Phi) is 8.52. The van der Waals surface area contributed by atoms with E-state index < -0.39 is 0 Å². The van der Waals surface area contributed by atoms with Crippen LogP contribution in [-0.4, -0.2) is 47.2 Å². The number of amides is 2. The Morgan fingerprint density at radius 1 is 0.950 bits per heavy atom. The number of ether oxygens (including phenoxy) is 2. The molecule has 0 aromatic heterocycles. The summed E-state index contributed by atoms with van der Waals surface area (Å²) in [5, 5.41) is 3.06. The van der Waals surface area contributed by atoms with Crippen LogP contribution < -0.4 is 5.32 Å². The van der Waals surface area contributed by atoms with Crippen LogP contribution in [0.3, 0.4) is 0 Å². The SMILES string of the molecule is CC(C)(C)OCN1CCCC1c1cccc(C(=O)Nc2ccc3c(c2)CN(C(=O)OCc2ccccc2)CC3)c1. The molecule has 2 aliphatic heterocycles. The molecule has 1 N–H and O–H groups in total. The molecule has 0 aliphatic carbocycles. The molecular weight excluding hydrogens is 502 g/mol. The summed E-state index contributed by atoms with van der Waals surface area (Å²) in [6.45, 7) is 9.09. The molecule has 1 fully saturated rings. The van der Waals surface area contributed by atoms with Crippen LogP contribution in [0.25, 0.3) is 0 Å². The predicted molar refractivity (Wildman–Crippen MR) is 156 cm³/mol. The van der Waals surface area contributed by atoms with Gasteiger partial charge in [-0.25, -0.2) is 4.79 Å². The van der Waals surface area contributed by atoms with Crippen molar-refractivity contribution in [3.8, 4) is 0 Å². The second-order valence-electron chi connectivity index (χ2n) is 11.6. The van der Waals surface area contributed by atoms with Crippen LogP contribution in [0.4, 0.5) is 10.5 Å². The van der Waals surface area contributed by atoms with E-state index in [1.165, 1.54) is 5.56 Å². The zero-order valence-corrected chi connectivity index (χ0v) is 23.7. The summed E-state index contributed by atoms with van der Waals surface area (Å²) in [5.41, 5.74) is 5.46. The van der Waals surface area contributed by atoms with Crippen LogP contribution in [0.15, 0.2) is 72.8 Å². The van der Waals surface area contributed by atoms with Crippen LogP contribution in [0.2, 0.25) is 0 Å². The summed E-state index contributed by atoms with van der Waals surface area (Å²) in [4.78, 5) is 30.0. The molecule has 40 heavy (non-hydrogen) atoms. The Balaban J connectivity index is 1.21. The smallest absolute Gasteiger partial charge is 0.410 e. The molecule has 0 bridgehead atoms. The summed E-state index contributed by atoms with van der Waals surface area (Å²) in [7, 11) is 0. The first kappa shape index (κ1) is 27.9. The Morgan fingerprint density at radius 3 is 2.58 bits per heavy atom. The number of anilines is 1. The number of hydrogen-bond acceptors (Lipinski definition) is 5. The van der Waals surface area contributed by atoms with Crippen LogP contribution >= 0.6 is 0 Å². The molecule has 5 rings (SSSR count). The normalized spacial score (nSPS) is 17.4. The van der Waals surface area contributed by atoms with Gasteiger partial charge in [-0.05, 0) is 86.6 Å². The summed E-state index contributed by atoms with van der Waals surface area (Å²) in [6, 6.07) is 23.8. The lowest BCUT2D eigenvalue weighted by Gasteiger charge is -2.29. The van der Waals surface area contributed by atoms with Crippen LogP contribution in [-0.2, 0) is 29.0 Å². The molecule has 3 aromatic rings. The van der Waals surface area contributed by atoms with Gasteiger partial charge in [0.2, 0.25) is 0 Å². The molecule has 2 heterocycles. The van der Waals surface area contributed by atoms with Crippen molar-refractivity contribution in [2.45, 2.75) is 64.8 Å². The highest BCUT2D eigenvalue weighted by Crippen LogP contribution is 2.33. The van der Waals surface area contributed by atoms with E-state index in [-0.39, 0.29) is 30.3 Å². The number of benzene rings is 3. The average Bonchev–Trinajstić information content (AvgIpc) is 3.43. The van der Waals surface area contributed by atoms with Gasteiger partial charge in [0.15, 0.2) is 0 Å². The van der Waals surface area contributed by atoms with Gasteiger partial charge in [0.05, 0.1) is 5.60 Å². The highest BCUT2D eigenvalue weighted by molar-refractivity contribution is 6.04. The number of nitrogens with zero attached hydrogens (tertiary/aromatic N) is 2. The molecule has 1 saturated heterocycles. The molecule has 210 valence electrons. The maximum atomic E-state index is 13.2. The number of rotatable bonds is 7. The standard InChI is InChI=1S/C33H39N3O4/c1-33(2,3)40-23-36-17-8-13-30(36)26-11-7-12-27(19-26)31(37)34-29-15-14-25-16-18-35(21-28(25)20-29)32(38)39-22-24-9-5-4-6-10-24/h4-7,9-12,14-15,19-20,30H,8,13,16-18,21-23H2,1-3H3,(H,34,37). The van der Waals surface area contributed by atoms with E-state index in [0.717, 1.165) is 48.2 Å². The molecule has 1 atom stereocenters. The van der Waals surface area contributed by atoms with Crippen molar-refractivity contribution in [1.29, 1.82) is 0 Å². The molecule has 2 amide bonds. The van der Waals surface area contributed by atoms with Gasteiger partial charge < -0.3 is 19.7 Å². The van der Waals surface area contributed by atoms with Gasteiger partial charge in [0.1, 0.15) is 13.3 Å². The van der Waals surface area contributed by atoms with Crippen molar-refractivity contribution in [2.24, 2.45) is 0 Å². The van der Waals surface area contributed by atoms with Crippen LogP contribution in [0, 0.1) is 0 Å². The first-order chi connectivity index (χ1) is 19.2. The van der Waals surface area contributed by atoms with Crippen molar-refractivity contribution >= 4 is 17.7 Å². The predicted octanol–water partition coefficient (Wildman–Crippen LogP) is 6.54. The first-order valence-electron chi connectivity index (χ1n) is 14.1. The Hall–Kier alpha value is -3.68. The highest BCUT2D eigenvalue weighted by Gasteiger charge is 2.28. The Labute approximate surface area is 237 Å². The number of nitrogens with one attached hydrogen (secondary N) is 1. The third kappa shape index (κ3) is 7.09. The maximum absolute atomic E-state index is 13.2. The molecule has 1 unspecified atom stereocenters. The third-order valence-corrected chi connectivity index (χ3v) is 7.50. The fraction of sp³-hybridized carbons (Fsp3) is 0.394. The molecule has 7 heteroatoms. The molecule has 3 aromatic carbocycles. The van der Waals surface area contributed by atoms with Gasteiger partial charge in [0.25, 0.3) is 5.91 Å². The van der Waals surface area contributed by atoms with E-state index >= 15 is 0 Å².